The zero-order valence-corrected chi connectivity index (χ0v) is 12.5. The molecule has 0 saturated carbocycles. The van der Waals surface area contributed by atoms with E-state index in [1.165, 1.54) is 6.07 Å². The van der Waals surface area contributed by atoms with Crippen LogP contribution >= 0.6 is 27.5 Å². The molecule has 0 fully saturated rings. The summed E-state index contributed by atoms with van der Waals surface area (Å²) in [6, 6.07) is 5.06. The SMILES string of the molecule is CC(C)(CNCCCCl)c1cc(Br)ccc1F. The standard InChI is InChI=1S/C13H18BrClFN/c1-13(2,9-17-7-3-6-15)11-8-10(14)4-5-12(11)16/h4-5,8,17H,3,6-7,9H2,1-2H3. The molecule has 96 valence electrons. The van der Waals surface area contributed by atoms with Crippen molar-refractivity contribution in [2.24, 2.45) is 0 Å². The molecule has 0 saturated heterocycles. The summed E-state index contributed by atoms with van der Waals surface area (Å²) in [5, 5.41) is 3.31. The lowest BCUT2D eigenvalue weighted by atomic mass is 9.84. The van der Waals surface area contributed by atoms with Crippen molar-refractivity contribution < 1.29 is 4.39 Å². The van der Waals surface area contributed by atoms with Gasteiger partial charge < -0.3 is 5.32 Å². The fourth-order valence-corrected chi connectivity index (χ4v) is 2.20. The maximum Gasteiger partial charge on any atom is 0.127 e. The Kier molecular flexibility index (Phi) is 5.90. The molecule has 0 heterocycles. The van der Waals surface area contributed by atoms with Crippen LogP contribution in [-0.2, 0) is 5.41 Å². The molecule has 1 rings (SSSR count). The van der Waals surface area contributed by atoms with Crippen LogP contribution in [0.4, 0.5) is 4.39 Å². The lowest BCUT2D eigenvalue weighted by molar-refractivity contribution is 0.445. The Balaban J connectivity index is 2.71. The third-order valence-corrected chi connectivity index (χ3v) is 3.47. The second-order valence-corrected chi connectivity index (χ2v) is 6.02. The number of alkyl halides is 1. The molecule has 0 spiro atoms. The molecule has 1 nitrogen and oxygen atoms in total. The number of hydrogen-bond acceptors (Lipinski definition) is 1. The smallest absolute Gasteiger partial charge is 0.127 e. The molecule has 1 aromatic rings. The van der Waals surface area contributed by atoms with Crippen LogP contribution < -0.4 is 5.32 Å². The summed E-state index contributed by atoms with van der Waals surface area (Å²) in [5.41, 5.74) is 0.491. The topological polar surface area (TPSA) is 12.0 Å². The Morgan fingerprint density at radius 2 is 2.12 bits per heavy atom. The maximum atomic E-state index is 13.8. The van der Waals surface area contributed by atoms with Crippen LogP contribution in [0.25, 0.3) is 0 Å². The average Bonchev–Trinajstić information content (AvgIpc) is 2.28. The van der Waals surface area contributed by atoms with Crippen LogP contribution in [0.3, 0.4) is 0 Å². The Hall–Kier alpha value is -0.120. The predicted octanol–water partition coefficient (Wildman–Crippen LogP) is 4.08. The minimum atomic E-state index is -0.236. The minimum absolute atomic E-state index is 0.155. The fraction of sp³-hybridized carbons (Fsp3) is 0.538. The van der Waals surface area contributed by atoms with Crippen LogP contribution in [-0.4, -0.2) is 19.0 Å². The fourth-order valence-electron chi connectivity index (χ4n) is 1.70. The van der Waals surface area contributed by atoms with Gasteiger partial charge in [-0.15, -0.1) is 11.6 Å². The first kappa shape index (κ1) is 14.9. The lowest BCUT2D eigenvalue weighted by Gasteiger charge is -2.26. The van der Waals surface area contributed by atoms with E-state index in [2.05, 4.69) is 21.2 Å². The van der Waals surface area contributed by atoms with Crippen molar-refractivity contribution in [3.63, 3.8) is 0 Å². The van der Waals surface area contributed by atoms with Crippen molar-refractivity contribution in [1.82, 2.24) is 5.32 Å². The molecule has 0 aliphatic heterocycles. The molecule has 1 N–H and O–H groups in total. The van der Waals surface area contributed by atoms with Crippen molar-refractivity contribution >= 4 is 27.5 Å². The normalized spacial score (nSPS) is 11.8. The molecule has 0 aromatic heterocycles. The van der Waals surface area contributed by atoms with E-state index in [9.17, 15) is 4.39 Å². The van der Waals surface area contributed by atoms with E-state index >= 15 is 0 Å². The summed E-state index contributed by atoms with van der Waals surface area (Å²) < 4.78 is 14.7. The van der Waals surface area contributed by atoms with E-state index in [1.54, 1.807) is 6.07 Å². The molecular weight excluding hydrogens is 305 g/mol. The second-order valence-electron chi connectivity index (χ2n) is 4.73. The molecular formula is C13H18BrClFN. The van der Waals surface area contributed by atoms with Crippen molar-refractivity contribution in [3.8, 4) is 0 Å². The molecule has 0 unspecified atom stereocenters. The van der Waals surface area contributed by atoms with Gasteiger partial charge in [0.2, 0.25) is 0 Å². The quantitative estimate of drug-likeness (QED) is 0.614. The first-order valence-electron chi connectivity index (χ1n) is 5.69. The summed E-state index contributed by atoms with van der Waals surface area (Å²) in [6.07, 6.45) is 0.929. The van der Waals surface area contributed by atoms with E-state index in [4.69, 9.17) is 11.6 Å². The number of benzene rings is 1. The monoisotopic (exact) mass is 321 g/mol. The number of rotatable bonds is 6. The van der Waals surface area contributed by atoms with E-state index < -0.39 is 0 Å². The molecule has 1 aromatic carbocycles. The third-order valence-electron chi connectivity index (χ3n) is 2.71. The average molecular weight is 323 g/mol. The summed E-state index contributed by atoms with van der Waals surface area (Å²) in [7, 11) is 0. The van der Waals surface area contributed by atoms with Gasteiger partial charge in [-0.1, -0.05) is 29.8 Å². The van der Waals surface area contributed by atoms with E-state index in [0.29, 0.717) is 5.88 Å². The third kappa shape index (κ3) is 4.57. The minimum Gasteiger partial charge on any atom is -0.316 e. The lowest BCUT2D eigenvalue weighted by Crippen LogP contribution is -2.34. The van der Waals surface area contributed by atoms with Crippen LogP contribution in [0.1, 0.15) is 25.8 Å². The van der Waals surface area contributed by atoms with Gasteiger partial charge in [0.15, 0.2) is 0 Å². The first-order chi connectivity index (χ1) is 7.97. The Morgan fingerprint density at radius 1 is 1.41 bits per heavy atom. The van der Waals surface area contributed by atoms with Gasteiger partial charge in [0, 0.05) is 22.3 Å². The summed E-state index contributed by atoms with van der Waals surface area (Å²) >= 11 is 8.99. The highest BCUT2D eigenvalue weighted by molar-refractivity contribution is 9.10. The van der Waals surface area contributed by atoms with E-state index in [1.807, 2.05) is 19.9 Å². The molecule has 0 atom stereocenters. The van der Waals surface area contributed by atoms with E-state index in [-0.39, 0.29) is 11.2 Å². The van der Waals surface area contributed by atoms with Crippen molar-refractivity contribution in [2.45, 2.75) is 25.7 Å². The Labute approximate surface area is 116 Å². The van der Waals surface area contributed by atoms with Crippen molar-refractivity contribution in [1.29, 1.82) is 0 Å². The van der Waals surface area contributed by atoms with Crippen molar-refractivity contribution in [3.05, 3.63) is 34.1 Å². The molecule has 0 radical (unpaired) electrons. The van der Waals surface area contributed by atoms with Gasteiger partial charge in [-0.05, 0) is 36.7 Å². The first-order valence-corrected chi connectivity index (χ1v) is 7.02. The Morgan fingerprint density at radius 3 is 2.76 bits per heavy atom. The molecule has 4 heteroatoms. The van der Waals surface area contributed by atoms with Crippen LogP contribution in [0.15, 0.2) is 22.7 Å². The zero-order chi connectivity index (χ0) is 12.9. The predicted molar refractivity (Wildman–Crippen MR) is 75.3 cm³/mol. The number of halogens is 3. The van der Waals surface area contributed by atoms with Gasteiger partial charge in [-0.3, -0.25) is 0 Å². The molecule has 0 amide bonds. The number of nitrogens with one attached hydrogen (secondary N) is 1. The van der Waals surface area contributed by atoms with Gasteiger partial charge in [0.05, 0.1) is 0 Å². The largest absolute Gasteiger partial charge is 0.316 e. The summed E-state index contributed by atoms with van der Waals surface area (Å²) in [4.78, 5) is 0. The maximum absolute atomic E-state index is 13.8. The second kappa shape index (κ2) is 6.72. The van der Waals surface area contributed by atoms with Gasteiger partial charge in [0.25, 0.3) is 0 Å². The highest BCUT2D eigenvalue weighted by Gasteiger charge is 2.23. The Bertz CT molecular complexity index is 368. The summed E-state index contributed by atoms with van der Waals surface area (Å²) in [5.74, 6) is 0.496. The van der Waals surface area contributed by atoms with Crippen molar-refractivity contribution in [2.75, 3.05) is 19.0 Å². The summed E-state index contributed by atoms with van der Waals surface area (Å²) in [6.45, 7) is 5.66. The highest BCUT2D eigenvalue weighted by atomic mass is 79.9. The van der Waals surface area contributed by atoms with Crippen LogP contribution in [0.2, 0.25) is 0 Å². The molecule has 0 bridgehead atoms. The zero-order valence-electron chi connectivity index (χ0n) is 10.2. The molecule has 0 aliphatic carbocycles. The van der Waals surface area contributed by atoms with Crippen LogP contribution in [0, 0.1) is 5.82 Å². The number of hydrogen-bond donors (Lipinski definition) is 1. The van der Waals surface area contributed by atoms with E-state index in [0.717, 1.165) is 29.5 Å². The van der Waals surface area contributed by atoms with Gasteiger partial charge in [-0.2, -0.15) is 0 Å². The highest BCUT2D eigenvalue weighted by Crippen LogP contribution is 2.27. The van der Waals surface area contributed by atoms with Gasteiger partial charge in [0.1, 0.15) is 5.82 Å². The molecule has 17 heavy (non-hydrogen) atoms. The van der Waals surface area contributed by atoms with Gasteiger partial charge >= 0.3 is 0 Å². The van der Waals surface area contributed by atoms with Gasteiger partial charge in [-0.25, -0.2) is 4.39 Å². The van der Waals surface area contributed by atoms with Crippen LogP contribution in [0.5, 0.6) is 0 Å². The molecule has 0 aliphatic rings.